The van der Waals surface area contributed by atoms with Gasteiger partial charge in [-0.3, -0.25) is 0 Å². The number of halogens is 1. The van der Waals surface area contributed by atoms with Crippen molar-refractivity contribution in [3.8, 4) is 5.75 Å². The fourth-order valence-electron chi connectivity index (χ4n) is 4.48. The Balaban J connectivity index is 1.58. The molecule has 1 aliphatic rings. The molecule has 186 valence electrons. The maximum atomic E-state index is 13.7. The summed E-state index contributed by atoms with van der Waals surface area (Å²) in [4.78, 5) is 0. The van der Waals surface area contributed by atoms with Crippen molar-refractivity contribution in [2.24, 2.45) is 0 Å². The predicted molar refractivity (Wildman–Crippen MR) is 138 cm³/mol. The van der Waals surface area contributed by atoms with Gasteiger partial charge in [-0.1, -0.05) is 49.7 Å². The molecule has 2 unspecified atom stereocenters. The minimum Gasteiger partial charge on any atom is -0.485 e. The molecule has 0 bridgehead atoms. The summed E-state index contributed by atoms with van der Waals surface area (Å²) in [7, 11) is 0. The molecule has 3 aromatic rings. The average Bonchev–Trinajstić information content (AvgIpc) is 2.83. The third-order valence-corrected chi connectivity index (χ3v) is 6.51. The standard InChI is InChI=1S/C30H36FNO3/c1-5-6-16-33-28-26-18-25(32-19-23-12-8-7-10-21(23)2)14-15-27(26)35-30(3,4)29(28)34-20-22-11-9-13-24(31)17-22/h7-15,17-18,28-29,32H,5-6,16,19-20H2,1-4H3. The van der Waals surface area contributed by atoms with Crippen LogP contribution in [0.3, 0.4) is 0 Å². The van der Waals surface area contributed by atoms with Crippen molar-refractivity contribution in [1.82, 2.24) is 0 Å². The lowest BCUT2D eigenvalue weighted by molar-refractivity contribution is -0.167. The Morgan fingerprint density at radius 3 is 2.60 bits per heavy atom. The normalized spacial score (nSPS) is 18.5. The first-order chi connectivity index (χ1) is 16.9. The van der Waals surface area contributed by atoms with Gasteiger partial charge in [-0.25, -0.2) is 4.39 Å². The van der Waals surface area contributed by atoms with Crippen molar-refractivity contribution in [2.75, 3.05) is 11.9 Å². The Labute approximate surface area is 208 Å². The largest absolute Gasteiger partial charge is 0.485 e. The van der Waals surface area contributed by atoms with E-state index in [0.717, 1.165) is 42.0 Å². The van der Waals surface area contributed by atoms with E-state index in [1.165, 1.54) is 23.3 Å². The molecule has 35 heavy (non-hydrogen) atoms. The summed E-state index contributed by atoms with van der Waals surface area (Å²) in [5.74, 6) is 0.541. The van der Waals surface area contributed by atoms with E-state index in [0.29, 0.717) is 6.61 Å². The Morgan fingerprint density at radius 1 is 1.00 bits per heavy atom. The molecule has 0 amide bonds. The third-order valence-electron chi connectivity index (χ3n) is 6.51. The molecule has 2 atom stereocenters. The molecule has 0 spiro atoms. The number of benzene rings is 3. The zero-order valence-electron chi connectivity index (χ0n) is 21.1. The number of unbranched alkanes of at least 4 members (excludes halogenated alkanes) is 1. The highest BCUT2D eigenvalue weighted by Gasteiger charge is 2.45. The minimum absolute atomic E-state index is 0.268. The van der Waals surface area contributed by atoms with Crippen LogP contribution in [0.2, 0.25) is 0 Å². The van der Waals surface area contributed by atoms with Crippen LogP contribution in [-0.4, -0.2) is 18.3 Å². The second-order valence-corrected chi connectivity index (χ2v) is 9.74. The summed E-state index contributed by atoms with van der Waals surface area (Å²) in [6.07, 6.45) is 1.36. The van der Waals surface area contributed by atoms with Gasteiger partial charge in [0.15, 0.2) is 0 Å². The van der Waals surface area contributed by atoms with E-state index in [4.69, 9.17) is 14.2 Å². The van der Waals surface area contributed by atoms with Crippen LogP contribution in [0.5, 0.6) is 5.75 Å². The van der Waals surface area contributed by atoms with Crippen LogP contribution in [0, 0.1) is 12.7 Å². The maximum Gasteiger partial charge on any atom is 0.132 e. The number of ether oxygens (including phenoxy) is 3. The third kappa shape index (κ3) is 6.22. The van der Waals surface area contributed by atoms with E-state index in [9.17, 15) is 4.39 Å². The molecular weight excluding hydrogens is 441 g/mol. The second kappa shape index (κ2) is 11.2. The maximum absolute atomic E-state index is 13.7. The van der Waals surface area contributed by atoms with Crippen LogP contribution >= 0.6 is 0 Å². The fourth-order valence-corrected chi connectivity index (χ4v) is 4.48. The van der Waals surface area contributed by atoms with Gasteiger partial charge in [-0.05, 0) is 74.2 Å². The molecule has 0 aromatic heterocycles. The molecule has 0 aliphatic carbocycles. The van der Waals surface area contributed by atoms with Gasteiger partial charge in [0.2, 0.25) is 0 Å². The van der Waals surface area contributed by atoms with Gasteiger partial charge < -0.3 is 19.5 Å². The van der Waals surface area contributed by atoms with E-state index >= 15 is 0 Å². The highest BCUT2D eigenvalue weighted by Crippen LogP contribution is 2.44. The van der Waals surface area contributed by atoms with Gasteiger partial charge in [-0.2, -0.15) is 0 Å². The summed E-state index contributed by atoms with van der Waals surface area (Å²) in [6, 6.07) is 21.1. The van der Waals surface area contributed by atoms with Crippen LogP contribution in [0.1, 0.15) is 62.0 Å². The molecule has 3 aromatic carbocycles. The summed E-state index contributed by atoms with van der Waals surface area (Å²) in [6.45, 7) is 9.97. The van der Waals surface area contributed by atoms with Crippen LogP contribution in [0.15, 0.2) is 66.7 Å². The average molecular weight is 478 g/mol. The van der Waals surface area contributed by atoms with Gasteiger partial charge >= 0.3 is 0 Å². The molecule has 1 aliphatic heterocycles. The molecule has 4 rings (SSSR count). The van der Waals surface area contributed by atoms with Gasteiger partial charge in [-0.15, -0.1) is 0 Å². The Morgan fingerprint density at radius 2 is 1.83 bits per heavy atom. The number of hydrogen-bond acceptors (Lipinski definition) is 4. The predicted octanol–water partition coefficient (Wildman–Crippen LogP) is 7.36. The van der Waals surface area contributed by atoms with Crippen molar-refractivity contribution in [3.63, 3.8) is 0 Å². The Bertz CT molecular complexity index is 1130. The summed E-state index contributed by atoms with van der Waals surface area (Å²) in [5, 5.41) is 3.55. The van der Waals surface area contributed by atoms with E-state index in [2.05, 4.69) is 49.5 Å². The molecule has 0 saturated heterocycles. The number of hydrogen-bond donors (Lipinski definition) is 1. The van der Waals surface area contributed by atoms with E-state index in [1.807, 2.05) is 32.0 Å². The highest BCUT2D eigenvalue weighted by atomic mass is 19.1. The van der Waals surface area contributed by atoms with Gasteiger partial charge in [0.05, 0.1) is 6.61 Å². The van der Waals surface area contributed by atoms with Gasteiger partial charge in [0, 0.05) is 24.4 Å². The number of anilines is 1. The Kier molecular flexibility index (Phi) is 8.09. The van der Waals surface area contributed by atoms with Crippen LogP contribution in [0.4, 0.5) is 10.1 Å². The first-order valence-corrected chi connectivity index (χ1v) is 12.5. The lowest BCUT2D eigenvalue weighted by atomic mass is 9.87. The number of rotatable bonds is 10. The SMILES string of the molecule is CCCCOC1c2cc(NCc3ccccc3C)ccc2OC(C)(C)C1OCc1cccc(F)c1. The monoisotopic (exact) mass is 477 g/mol. The number of nitrogens with one attached hydrogen (secondary N) is 1. The lowest BCUT2D eigenvalue weighted by Gasteiger charge is -2.44. The quantitative estimate of drug-likeness (QED) is 0.310. The zero-order valence-corrected chi connectivity index (χ0v) is 21.1. The van der Waals surface area contributed by atoms with Crippen LogP contribution in [0.25, 0.3) is 0 Å². The Hall–Kier alpha value is -2.89. The molecule has 0 radical (unpaired) electrons. The van der Waals surface area contributed by atoms with Crippen molar-refractivity contribution in [3.05, 3.63) is 94.8 Å². The molecule has 4 nitrogen and oxygen atoms in total. The van der Waals surface area contributed by atoms with Crippen LogP contribution < -0.4 is 10.1 Å². The topological polar surface area (TPSA) is 39.7 Å². The van der Waals surface area contributed by atoms with Crippen molar-refractivity contribution < 1.29 is 18.6 Å². The summed E-state index contributed by atoms with van der Waals surface area (Å²) >= 11 is 0. The van der Waals surface area contributed by atoms with E-state index in [1.54, 1.807) is 6.07 Å². The van der Waals surface area contributed by atoms with Crippen molar-refractivity contribution in [2.45, 2.75) is 71.5 Å². The molecule has 1 N–H and O–H groups in total. The first-order valence-electron chi connectivity index (χ1n) is 12.5. The first kappa shape index (κ1) is 25.2. The second-order valence-electron chi connectivity index (χ2n) is 9.74. The van der Waals surface area contributed by atoms with Gasteiger partial charge in [0.1, 0.15) is 29.4 Å². The summed E-state index contributed by atoms with van der Waals surface area (Å²) in [5.41, 5.74) is 4.66. The molecule has 0 fully saturated rings. The molecule has 1 heterocycles. The highest BCUT2D eigenvalue weighted by molar-refractivity contribution is 5.54. The zero-order chi connectivity index (χ0) is 24.8. The molecule has 5 heteroatoms. The number of fused-ring (bicyclic) bond motifs is 1. The van der Waals surface area contributed by atoms with Crippen molar-refractivity contribution in [1.29, 1.82) is 0 Å². The molecule has 0 saturated carbocycles. The number of aryl methyl sites for hydroxylation is 1. The minimum atomic E-state index is -0.618. The lowest BCUT2D eigenvalue weighted by Crippen LogP contribution is -2.51. The fraction of sp³-hybridized carbons (Fsp3) is 0.400. The smallest absolute Gasteiger partial charge is 0.132 e. The van der Waals surface area contributed by atoms with Crippen LogP contribution in [-0.2, 0) is 22.6 Å². The van der Waals surface area contributed by atoms with E-state index < -0.39 is 5.60 Å². The van der Waals surface area contributed by atoms with Gasteiger partial charge in [0.25, 0.3) is 0 Å². The molecular formula is C30H36FNO3. The van der Waals surface area contributed by atoms with Crippen molar-refractivity contribution >= 4 is 5.69 Å². The van der Waals surface area contributed by atoms with E-state index in [-0.39, 0.29) is 24.6 Å². The summed E-state index contributed by atoms with van der Waals surface area (Å²) < 4.78 is 33.0.